The molecule has 1 unspecified atom stereocenters. The molecule has 0 aliphatic rings. The van der Waals surface area contributed by atoms with Gasteiger partial charge in [-0.2, -0.15) is 8.42 Å². The number of rotatable bonds is 4. The van der Waals surface area contributed by atoms with Gasteiger partial charge in [0.1, 0.15) is 5.75 Å². The van der Waals surface area contributed by atoms with E-state index in [1.165, 1.54) is 12.1 Å². The van der Waals surface area contributed by atoms with Crippen LogP contribution in [0.3, 0.4) is 0 Å². The minimum atomic E-state index is -4.04. The van der Waals surface area contributed by atoms with E-state index in [0.717, 1.165) is 17.4 Å². The van der Waals surface area contributed by atoms with E-state index in [1.807, 2.05) is 13.8 Å². The summed E-state index contributed by atoms with van der Waals surface area (Å²) in [6.07, 6.45) is 1.15. The van der Waals surface area contributed by atoms with E-state index >= 15 is 0 Å². The molecule has 0 fully saturated rings. The van der Waals surface area contributed by atoms with E-state index in [4.69, 9.17) is 4.18 Å². The molecule has 2 aromatic rings. The van der Waals surface area contributed by atoms with Gasteiger partial charge in [0.2, 0.25) is 10.0 Å². The molecule has 0 radical (unpaired) electrons. The van der Waals surface area contributed by atoms with Crippen molar-refractivity contribution in [3.8, 4) is 5.75 Å². The van der Waals surface area contributed by atoms with Crippen LogP contribution in [0, 0.1) is 13.8 Å². The van der Waals surface area contributed by atoms with Crippen molar-refractivity contribution < 1.29 is 16.8 Å². The summed E-state index contributed by atoms with van der Waals surface area (Å²) in [7, 11) is -7.41. The summed E-state index contributed by atoms with van der Waals surface area (Å²) in [6, 6.07) is 12.9. The Hall–Kier alpha value is -1.86. The minimum Gasteiger partial charge on any atom is -0.395 e. The molecule has 5 nitrogen and oxygen atoms in total. The predicted octanol–water partition coefficient (Wildman–Crippen LogP) is 3.08. The minimum absolute atomic E-state index is 0.0137. The van der Waals surface area contributed by atoms with E-state index < -0.39 is 20.0 Å². The molecule has 118 valence electrons. The van der Waals surface area contributed by atoms with Crippen molar-refractivity contribution in [1.82, 2.24) is 0 Å². The van der Waals surface area contributed by atoms with Crippen LogP contribution in [0.25, 0.3) is 0 Å². The molecule has 0 saturated heterocycles. The van der Waals surface area contributed by atoms with Crippen molar-refractivity contribution >= 4 is 20.0 Å². The number of benzene rings is 2. The topological polar surface area (TPSA) is 72.8 Å². The summed E-state index contributed by atoms with van der Waals surface area (Å²) < 4.78 is 45.3. The van der Waals surface area contributed by atoms with Gasteiger partial charge >= 0.3 is 0 Å². The SMILES string of the molecule is Cc1ccc(OS(C)(=O)=NS(=O)(=O)c2ccc(C)cc2)cc1. The van der Waals surface area contributed by atoms with Gasteiger partial charge in [0.25, 0.3) is 10.0 Å². The van der Waals surface area contributed by atoms with Gasteiger partial charge in [-0.15, -0.1) is 0 Å². The van der Waals surface area contributed by atoms with E-state index in [-0.39, 0.29) is 4.90 Å². The van der Waals surface area contributed by atoms with Gasteiger partial charge in [0.15, 0.2) is 0 Å². The first-order valence-corrected chi connectivity index (χ1v) is 9.78. The average Bonchev–Trinajstić information content (AvgIpc) is 2.40. The van der Waals surface area contributed by atoms with Crippen molar-refractivity contribution in [3.05, 3.63) is 59.7 Å². The molecule has 0 amide bonds. The zero-order valence-corrected chi connectivity index (χ0v) is 14.1. The number of sulfonamides is 1. The molecule has 0 heterocycles. The highest BCUT2D eigenvalue weighted by atomic mass is 32.3. The molecule has 0 spiro atoms. The highest BCUT2D eigenvalue weighted by molar-refractivity contribution is 8.00. The second-order valence-electron chi connectivity index (χ2n) is 4.99. The molecule has 2 aromatic carbocycles. The Morgan fingerprint density at radius 1 is 0.818 bits per heavy atom. The maximum absolute atomic E-state index is 12.3. The first-order chi connectivity index (χ1) is 10.2. The van der Waals surface area contributed by atoms with Crippen molar-refractivity contribution in [3.63, 3.8) is 0 Å². The Labute approximate surface area is 131 Å². The fraction of sp³-hybridized carbons (Fsp3) is 0.200. The maximum Gasteiger partial charge on any atom is 0.292 e. The molecule has 0 saturated carbocycles. The maximum atomic E-state index is 12.3. The van der Waals surface area contributed by atoms with E-state index in [0.29, 0.717) is 5.75 Å². The molecule has 0 aliphatic carbocycles. The number of aryl methyl sites for hydroxylation is 2. The average molecular weight is 339 g/mol. The van der Waals surface area contributed by atoms with Crippen LogP contribution in [0.15, 0.2) is 57.2 Å². The van der Waals surface area contributed by atoms with E-state index in [1.54, 1.807) is 36.4 Å². The van der Waals surface area contributed by atoms with Gasteiger partial charge in [-0.05, 0) is 38.1 Å². The third-order valence-electron chi connectivity index (χ3n) is 2.82. The summed E-state index contributed by atoms with van der Waals surface area (Å²) >= 11 is 0. The number of hydrogen-bond donors (Lipinski definition) is 0. The lowest BCUT2D eigenvalue weighted by molar-refractivity contribution is 0.555. The predicted molar refractivity (Wildman–Crippen MR) is 86.7 cm³/mol. The van der Waals surface area contributed by atoms with Crippen LogP contribution in [-0.2, 0) is 20.0 Å². The number of hydrogen-bond acceptors (Lipinski definition) is 4. The van der Waals surface area contributed by atoms with Gasteiger partial charge in [0, 0.05) is 0 Å². The van der Waals surface area contributed by atoms with Crippen LogP contribution >= 0.6 is 0 Å². The van der Waals surface area contributed by atoms with Crippen molar-refractivity contribution in [2.24, 2.45) is 3.77 Å². The molecule has 0 N–H and O–H groups in total. The molecule has 7 heteroatoms. The lowest BCUT2D eigenvalue weighted by Crippen LogP contribution is -2.10. The normalized spacial score (nSPS) is 14.1. The summed E-state index contributed by atoms with van der Waals surface area (Å²) in [5.41, 5.74) is 1.94. The van der Waals surface area contributed by atoms with E-state index in [2.05, 4.69) is 3.77 Å². The van der Waals surface area contributed by atoms with Crippen LogP contribution in [-0.4, -0.2) is 18.9 Å². The highest BCUT2D eigenvalue weighted by Crippen LogP contribution is 2.18. The van der Waals surface area contributed by atoms with Crippen molar-refractivity contribution in [2.75, 3.05) is 6.26 Å². The third-order valence-corrected chi connectivity index (χ3v) is 6.06. The van der Waals surface area contributed by atoms with Crippen molar-refractivity contribution in [1.29, 1.82) is 0 Å². The quantitative estimate of drug-likeness (QED) is 0.858. The first kappa shape index (κ1) is 16.5. The molecule has 1 atom stereocenters. The van der Waals surface area contributed by atoms with Crippen LogP contribution in [0.4, 0.5) is 0 Å². The Morgan fingerprint density at radius 3 is 1.77 bits per heavy atom. The van der Waals surface area contributed by atoms with Gasteiger partial charge in [-0.1, -0.05) is 39.2 Å². The first-order valence-electron chi connectivity index (χ1n) is 6.49. The fourth-order valence-electron chi connectivity index (χ4n) is 1.72. The van der Waals surface area contributed by atoms with Crippen molar-refractivity contribution in [2.45, 2.75) is 18.7 Å². The number of nitrogens with zero attached hydrogens (tertiary/aromatic N) is 1. The monoisotopic (exact) mass is 339 g/mol. The Bertz CT molecular complexity index is 876. The van der Waals surface area contributed by atoms with Crippen LogP contribution in [0.1, 0.15) is 11.1 Å². The molecular formula is C15H17NO4S2. The van der Waals surface area contributed by atoms with Gasteiger partial charge in [-0.25, -0.2) is 4.21 Å². The van der Waals surface area contributed by atoms with E-state index in [9.17, 15) is 12.6 Å². The third kappa shape index (κ3) is 4.32. The van der Waals surface area contributed by atoms with Gasteiger partial charge < -0.3 is 4.18 Å². The summed E-state index contributed by atoms with van der Waals surface area (Å²) in [5.74, 6) is 0.306. The molecular weight excluding hydrogens is 322 g/mol. The highest BCUT2D eigenvalue weighted by Gasteiger charge is 2.17. The zero-order chi connectivity index (χ0) is 16.4. The van der Waals surface area contributed by atoms with Gasteiger partial charge in [0.05, 0.1) is 11.2 Å². The largest absolute Gasteiger partial charge is 0.395 e. The summed E-state index contributed by atoms with van der Waals surface area (Å²) in [6.45, 7) is 3.75. The second-order valence-corrected chi connectivity index (χ2v) is 8.64. The Morgan fingerprint density at radius 2 is 1.27 bits per heavy atom. The Kier molecular flexibility index (Phi) is 4.58. The Balaban J connectivity index is 2.34. The van der Waals surface area contributed by atoms with Crippen LogP contribution < -0.4 is 4.18 Å². The smallest absolute Gasteiger partial charge is 0.292 e. The van der Waals surface area contributed by atoms with Crippen LogP contribution in [0.2, 0.25) is 0 Å². The molecule has 0 aromatic heterocycles. The van der Waals surface area contributed by atoms with Crippen LogP contribution in [0.5, 0.6) is 5.75 Å². The lowest BCUT2D eigenvalue weighted by Gasteiger charge is -2.08. The molecule has 2 rings (SSSR count). The second kappa shape index (κ2) is 6.10. The molecule has 0 bridgehead atoms. The fourth-order valence-corrected chi connectivity index (χ4v) is 4.56. The summed E-state index contributed by atoms with van der Waals surface area (Å²) in [4.78, 5) is -0.0137. The lowest BCUT2D eigenvalue weighted by atomic mass is 10.2. The molecule has 0 aliphatic heterocycles. The zero-order valence-electron chi connectivity index (χ0n) is 12.5. The molecule has 22 heavy (non-hydrogen) atoms. The summed E-state index contributed by atoms with van der Waals surface area (Å²) in [5, 5.41) is 0. The van der Waals surface area contributed by atoms with Gasteiger partial charge in [-0.3, -0.25) is 0 Å². The standard InChI is InChI=1S/C15H17NO4S2/c1-12-4-8-14(9-5-12)20-21(3,17)16-22(18,19)15-10-6-13(2)7-11-15/h4-11H,1-3H3.